The van der Waals surface area contributed by atoms with Gasteiger partial charge in [-0.2, -0.15) is 0 Å². The Hall–Kier alpha value is -1.03. The molecule has 1 aromatic carbocycles. The minimum absolute atomic E-state index is 0.0504. The van der Waals surface area contributed by atoms with Crippen molar-refractivity contribution in [2.24, 2.45) is 5.92 Å². The molecule has 0 radical (unpaired) electrons. The molecular formula is C17H26BrNO2. The van der Waals surface area contributed by atoms with E-state index < -0.39 is 0 Å². The first-order chi connectivity index (χ1) is 10.1. The van der Waals surface area contributed by atoms with Gasteiger partial charge in [0.2, 0.25) is 0 Å². The summed E-state index contributed by atoms with van der Waals surface area (Å²) in [7, 11) is 0. The molecule has 0 aromatic heterocycles. The molecule has 1 aromatic rings. The predicted molar refractivity (Wildman–Crippen MR) is 90.7 cm³/mol. The number of unbranched alkanes of at least 4 members (excludes halogenated alkanes) is 1. The maximum Gasteiger partial charge on any atom is 0.257 e. The van der Waals surface area contributed by atoms with Crippen LogP contribution >= 0.6 is 15.9 Å². The Labute approximate surface area is 136 Å². The maximum atomic E-state index is 11.8. The molecule has 0 unspecified atom stereocenters. The van der Waals surface area contributed by atoms with Crippen LogP contribution in [0.3, 0.4) is 0 Å². The van der Waals surface area contributed by atoms with Gasteiger partial charge in [-0.05, 0) is 43.0 Å². The molecule has 1 N–H and O–H groups in total. The molecule has 0 aliphatic heterocycles. The maximum absolute atomic E-state index is 11.8. The zero-order valence-electron chi connectivity index (χ0n) is 13.2. The summed E-state index contributed by atoms with van der Waals surface area (Å²) in [6, 6.07) is 5.72. The van der Waals surface area contributed by atoms with Crippen LogP contribution in [0.4, 0.5) is 0 Å². The van der Waals surface area contributed by atoms with Gasteiger partial charge in [0.25, 0.3) is 5.91 Å². The minimum Gasteiger partial charge on any atom is -0.484 e. The summed E-state index contributed by atoms with van der Waals surface area (Å²) < 4.78 is 6.56. The van der Waals surface area contributed by atoms with E-state index in [-0.39, 0.29) is 12.5 Å². The average molecular weight is 356 g/mol. The summed E-state index contributed by atoms with van der Waals surface area (Å²) in [4.78, 5) is 11.8. The van der Waals surface area contributed by atoms with Crippen LogP contribution < -0.4 is 10.1 Å². The first-order valence-corrected chi connectivity index (χ1v) is 8.51. The molecule has 118 valence electrons. The van der Waals surface area contributed by atoms with Crippen LogP contribution in [-0.4, -0.2) is 19.1 Å². The molecule has 1 amide bonds. The smallest absolute Gasteiger partial charge is 0.257 e. The normalized spacial score (nSPS) is 12.0. The number of benzene rings is 1. The van der Waals surface area contributed by atoms with Gasteiger partial charge >= 0.3 is 0 Å². The standard InChI is InChI=1S/C17H26BrNO2/c1-4-6-7-14(5-2)11-19-17(20)12-21-15-8-9-16(18)13(3)10-15/h8-10,14H,4-7,11-12H2,1-3H3,(H,19,20)/t14-/m0/s1. The molecule has 0 aliphatic rings. The van der Waals surface area contributed by atoms with Gasteiger partial charge in [-0.25, -0.2) is 0 Å². The average Bonchev–Trinajstić information content (AvgIpc) is 2.48. The van der Waals surface area contributed by atoms with Crippen LogP contribution in [0.2, 0.25) is 0 Å². The highest BCUT2D eigenvalue weighted by atomic mass is 79.9. The van der Waals surface area contributed by atoms with Gasteiger partial charge in [-0.1, -0.05) is 49.0 Å². The largest absolute Gasteiger partial charge is 0.484 e. The molecule has 4 heteroatoms. The third-order valence-corrected chi connectivity index (χ3v) is 4.52. The summed E-state index contributed by atoms with van der Waals surface area (Å²) in [6.45, 7) is 7.19. The van der Waals surface area contributed by atoms with Crippen molar-refractivity contribution in [1.82, 2.24) is 5.32 Å². The fraction of sp³-hybridized carbons (Fsp3) is 0.588. The zero-order chi connectivity index (χ0) is 15.7. The van der Waals surface area contributed by atoms with Crippen LogP contribution in [0.1, 0.15) is 45.1 Å². The Morgan fingerprint density at radius 2 is 2.14 bits per heavy atom. The second kappa shape index (κ2) is 9.82. The van der Waals surface area contributed by atoms with Crippen molar-refractivity contribution in [3.63, 3.8) is 0 Å². The third-order valence-electron chi connectivity index (χ3n) is 3.63. The second-order valence-corrected chi connectivity index (χ2v) is 6.27. The lowest BCUT2D eigenvalue weighted by Gasteiger charge is -2.15. The third kappa shape index (κ3) is 6.98. The predicted octanol–water partition coefficient (Wildman–Crippen LogP) is 4.47. The second-order valence-electron chi connectivity index (χ2n) is 5.42. The SMILES string of the molecule is CCCC[C@H](CC)CNC(=O)COc1ccc(Br)c(C)c1. The number of ether oxygens (including phenoxy) is 1. The summed E-state index contributed by atoms with van der Waals surface area (Å²) >= 11 is 3.44. The summed E-state index contributed by atoms with van der Waals surface area (Å²) in [5.74, 6) is 1.25. The highest BCUT2D eigenvalue weighted by molar-refractivity contribution is 9.10. The van der Waals surface area contributed by atoms with Crippen molar-refractivity contribution in [2.45, 2.75) is 46.5 Å². The van der Waals surface area contributed by atoms with Gasteiger partial charge in [-0.15, -0.1) is 0 Å². The Bertz CT molecular complexity index is 448. The van der Waals surface area contributed by atoms with Crippen LogP contribution in [0.5, 0.6) is 5.75 Å². The number of halogens is 1. The number of carbonyl (C=O) groups excluding carboxylic acids is 1. The lowest BCUT2D eigenvalue weighted by molar-refractivity contribution is -0.123. The van der Waals surface area contributed by atoms with Crippen LogP contribution in [0.15, 0.2) is 22.7 Å². The van der Waals surface area contributed by atoms with Crippen LogP contribution in [-0.2, 0) is 4.79 Å². The first-order valence-electron chi connectivity index (χ1n) is 7.72. The Morgan fingerprint density at radius 1 is 1.38 bits per heavy atom. The molecule has 0 saturated heterocycles. The molecule has 3 nitrogen and oxygen atoms in total. The van der Waals surface area contributed by atoms with E-state index in [1.165, 1.54) is 19.3 Å². The number of hydrogen-bond donors (Lipinski definition) is 1. The number of amides is 1. The number of aryl methyl sites for hydroxylation is 1. The van der Waals surface area contributed by atoms with Gasteiger partial charge in [-0.3, -0.25) is 4.79 Å². The van der Waals surface area contributed by atoms with Crippen LogP contribution in [0, 0.1) is 12.8 Å². The van der Waals surface area contributed by atoms with Crippen molar-refractivity contribution >= 4 is 21.8 Å². The highest BCUT2D eigenvalue weighted by Crippen LogP contribution is 2.21. The Balaban J connectivity index is 2.31. The van der Waals surface area contributed by atoms with E-state index in [0.29, 0.717) is 5.92 Å². The van der Waals surface area contributed by atoms with Crippen molar-refractivity contribution in [3.05, 3.63) is 28.2 Å². The fourth-order valence-electron chi connectivity index (χ4n) is 2.11. The number of nitrogens with one attached hydrogen (secondary N) is 1. The highest BCUT2D eigenvalue weighted by Gasteiger charge is 2.09. The van der Waals surface area contributed by atoms with Crippen LogP contribution in [0.25, 0.3) is 0 Å². The molecule has 0 spiro atoms. The lowest BCUT2D eigenvalue weighted by atomic mass is 9.99. The molecule has 21 heavy (non-hydrogen) atoms. The van der Waals surface area contributed by atoms with Crippen molar-refractivity contribution in [2.75, 3.05) is 13.2 Å². The molecule has 0 saturated carbocycles. The quantitative estimate of drug-likeness (QED) is 0.709. The van der Waals surface area contributed by atoms with E-state index in [4.69, 9.17) is 4.74 Å². The van der Waals surface area contributed by atoms with Gasteiger partial charge in [0.05, 0.1) is 0 Å². The van der Waals surface area contributed by atoms with Crippen molar-refractivity contribution in [1.29, 1.82) is 0 Å². The van der Waals surface area contributed by atoms with E-state index >= 15 is 0 Å². The van der Waals surface area contributed by atoms with Gasteiger partial charge in [0, 0.05) is 11.0 Å². The first kappa shape index (κ1) is 18.0. The number of carbonyl (C=O) groups is 1. The molecular weight excluding hydrogens is 330 g/mol. The van der Waals surface area contributed by atoms with E-state index in [1.54, 1.807) is 0 Å². The van der Waals surface area contributed by atoms with Crippen molar-refractivity contribution < 1.29 is 9.53 Å². The number of hydrogen-bond acceptors (Lipinski definition) is 2. The minimum atomic E-state index is -0.0504. The molecule has 1 rings (SSSR count). The topological polar surface area (TPSA) is 38.3 Å². The Kier molecular flexibility index (Phi) is 8.43. The molecule has 0 bridgehead atoms. The van der Waals surface area contributed by atoms with E-state index in [1.807, 2.05) is 25.1 Å². The molecule has 1 atom stereocenters. The Morgan fingerprint density at radius 3 is 2.76 bits per heavy atom. The lowest BCUT2D eigenvalue weighted by Crippen LogP contribution is -2.33. The van der Waals surface area contributed by atoms with Crippen molar-refractivity contribution in [3.8, 4) is 5.75 Å². The van der Waals surface area contributed by atoms with Gasteiger partial charge in [0.1, 0.15) is 5.75 Å². The molecule has 0 fully saturated rings. The van der Waals surface area contributed by atoms with Gasteiger partial charge in [0.15, 0.2) is 6.61 Å². The fourth-order valence-corrected chi connectivity index (χ4v) is 2.36. The van der Waals surface area contributed by atoms with Gasteiger partial charge < -0.3 is 10.1 Å². The monoisotopic (exact) mass is 355 g/mol. The summed E-state index contributed by atoms with van der Waals surface area (Å²) in [6.07, 6.45) is 4.71. The van der Waals surface area contributed by atoms with E-state index in [2.05, 4.69) is 35.1 Å². The summed E-state index contributed by atoms with van der Waals surface area (Å²) in [5, 5.41) is 2.97. The zero-order valence-corrected chi connectivity index (χ0v) is 14.8. The number of rotatable bonds is 9. The molecule has 0 heterocycles. The summed E-state index contributed by atoms with van der Waals surface area (Å²) in [5.41, 5.74) is 1.10. The molecule has 0 aliphatic carbocycles. The van der Waals surface area contributed by atoms with E-state index in [9.17, 15) is 4.79 Å². The van der Waals surface area contributed by atoms with E-state index in [0.717, 1.165) is 28.8 Å².